The zero-order valence-corrected chi connectivity index (χ0v) is 9.23. The van der Waals surface area contributed by atoms with E-state index in [1.807, 2.05) is 0 Å². The maximum atomic E-state index is 11.3. The molecule has 1 fully saturated rings. The predicted octanol–water partition coefficient (Wildman–Crippen LogP) is 0.916. The number of hydrogen-bond acceptors (Lipinski definition) is 4. The van der Waals surface area contributed by atoms with Crippen molar-refractivity contribution in [1.29, 1.82) is 0 Å². The summed E-state index contributed by atoms with van der Waals surface area (Å²) in [6.45, 7) is 3.58. The number of carbonyl (C=O) groups is 2. The first-order valence-electron chi connectivity index (χ1n) is 5.40. The first-order chi connectivity index (χ1) is 7.06. The molecule has 0 spiro atoms. The van der Waals surface area contributed by atoms with Gasteiger partial charge in [0.25, 0.3) is 0 Å². The number of esters is 1. The Hall–Kier alpha value is -0.900. The third-order valence-electron chi connectivity index (χ3n) is 2.96. The molecule has 0 aliphatic heterocycles. The van der Waals surface area contributed by atoms with Crippen LogP contribution in [0.1, 0.15) is 33.1 Å². The second kappa shape index (κ2) is 5.26. The van der Waals surface area contributed by atoms with E-state index in [1.165, 1.54) is 6.92 Å². The van der Waals surface area contributed by atoms with Gasteiger partial charge in [-0.05, 0) is 32.6 Å². The number of aliphatic hydroxyl groups is 1. The molecular weight excluding hydrogens is 196 g/mol. The van der Waals surface area contributed by atoms with E-state index in [2.05, 4.69) is 0 Å². The zero-order valence-electron chi connectivity index (χ0n) is 9.23. The minimum Gasteiger partial charge on any atom is -0.466 e. The summed E-state index contributed by atoms with van der Waals surface area (Å²) in [7, 11) is 0. The summed E-state index contributed by atoms with van der Waals surface area (Å²) in [5.41, 5.74) is 0. The minimum atomic E-state index is -0.582. The Kier molecular flexibility index (Phi) is 4.27. The third-order valence-corrected chi connectivity index (χ3v) is 2.96. The van der Waals surface area contributed by atoms with E-state index >= 15 is 0 Å². The molecule has 15 heavy (non-hydrogen) atoms. The van der Waals surface area contributed by atoms with Gasteiger partial charge in [0.05, 0.1) is 12.7 Å². The van der Waals surface area contributed by atoms with Crippen molar-refractivity contribution in [1.82, 2.24) is 0 Å². The fraction of sp³-hybridized carbons (Fsp3) is 0.818. The van der Waals surface area contributed by atoms with Crippen molar-refractivity contribution in [3.63, 3.8) is 0 Å². The number of carbonyl (C=O) groups excluding carboxylic acids is 2. The SMILES string of the molecule is CCOC(=O)CC1CCC(O)C1C(C)=O. The van der Waals surface area contributed by atoms with Crippen LogP contribution >= 0.6 is 0 Å². The molecule has 0 amide bonds. The molecule has 4 heteroatoms. The molecule has 86 valence electrons. The molecule has 1 N–H and O–H groups in total. The van der Waals surface area contributed by atoms with Gasteiger partial charge in [-0.15, -0.1) is 0 Å². The highest BCUT2D eigenvalue weighted by Crippen LogP contribution is 2.35. The van der Waals surface area contributed by atoms with Gasteiger partial charge in [-0.25, -0.2) is 0 Å². The minimum absolute atomic E-state index is 0.0331. The number of hydrogen-bond donors (Lipinski definition) is 1. The molecule has 0 aromatic carbocycles. The van der Waals surface area contributed by atoms with Crippen LogP contribution in [-0.2, 0) is 14.3 Å². The molecule has 1 aliphatic carbocycles. The fourth-order valence-electron chi connectivity index (χ4n) is 2.32. The highest BCUT2D eigenvalue weighted by molar-refractivity contribution is 5.80. The predicted molar refractivity (Wildman–Crippen MR) is 54.2 cm³/mol. The van der Waals surface area contributed by atoms with E-state index in [1.54, 1.807) is 6.92 Å². The lowest BCUT2D eigenvalue weighted by atomic mass is 9.89. The average Bonchev–Trinajstić information content (AvgIpc) is 2.47. The molecular formula is C11H18O4. The molecule has 1 saturated carbocycles. The zero-order chi connectivity index (χ0) is 11.4. The summed E-state index contributed by atoms with van der Waals surface area (Å²) in [5.74, 6) is -0.733. The Morgan fingerprint density at radius 3 is 2.60 bits per heavy atom. The number of ketones is 1. The van der Waals surface area contributed by atoms with Crippen molar-refractivity contribution >= 4 is 11.8 Å². The Bertz CT molecular complexity index is 249. The molecule has 1 rings (SSSR count). The highest BCUT2D eigenvalue weighted by Gasteiger charge is 2.39. The van der Waals surface area contributed by atoms with E-state index < -0.39 is 6.10 Å². The van der Waals surface area contributed by atoms with Crippen LogP contribution in [-0.4, -0.2) is 29.6 Å². The van der Waals surface area contributed by atoms with Crippen molar-refractivity contribution in [2.75, 3.05) is 6.61 Å². The first kappa shape index (κ1) is 12.2. The fourth-order valence-corrected chi connectivity index (χ4v) is 2.32. The topological polar surface area (TPSA) is 63.6 Å². The highest BCUT2D eigenvalue weighted by atomic mass is 16.5. The monoisotopic (exact) mass is 214 g/mol. The molecule has 1 aliphatic rings. The van der Waals surface area contributed by atoms with Gasteiger partial charge in [0.2, 0.25) is 0 Å². The number of aliphatic hydroxyl groups excluding tert-OH is 1. The molecule has 0 saturated heterocycles. The van der Waals surface area contributed by atoms with E-state index in [9.17, 15) is 14.7 Å². The van der Waals surface area contributed by atoms with Gasteiger partial charge >= 0.3 is 5.97 Å². The van der Waals surface area contributed by atoms with Gasteiger partial charge in [-0.3, -0.25) is 9.59 Å². The molecule has 0 aromatic heterocycles. The van der Waals surface area contributed by atoms with Gasteiger partial charge < -0.3 is 9.84 Å². The molecule has 0 radical (unpaired) electrons. The summed E-state index contributed by atoms with van der Waals surface area (Å²) in [6.07, 6.45) is 0.996. The third kappa shape index (κ3) is 3.02. The lowest BCUT2D eigenvalue weighted by molar-refractivity contribution is -0.144. The molecule has 0 heterocycles. The summed E-state index contributed by atoms with van der Waals surface area (Å²) >= 11 is 0. The van der Waals surface area contributed by atoms with Crippen LogP contribution in [0.4, 0.5) is 0 Å². The number of rotatable bonds is 4. The van der Waals surface area contributed by atoms with E-state index in [-0.39, 0.29) is 30.0 Å². The quantitative estimate of drug-likeness (QED) is 0.707. The Morgan fingerprint density at radius 1 is 1.40 bits per heavy atom. The van der Waals surface area contributed by atoms with Gasteiger partial charge in [-0.1, -0.05) is 0 Å². The van der Waals surface area contributed by atoms with Crippen LogP contribution in [0.15, 0.2) is 0 Å². The first-order valence-corrected chi connectivity index (χ1v) is 5.40. The lowest BCUT2D eigenvalue weighted by Gasteiger charge is -2.18. The molecule has 4 nitrogen and oxygen atoms in total. The van der Waals surface area contributed by atoms with Crippen molar-refractivity contribution in [2.24, 2.45) is 11.8 Å². The van der Waals surface area contributed by atoms with Crippen molar-refractivity contribution in [2.45, 2.75) is 39.2 Å². The van der Waals surface area contributed by atoms with Crippen molar-refractivity contribution in [3.05, 3.63) is 0 Å². The molecule has 3 unspecified atom stereocenters. The Morgan fingerprint density at radius 2 is 2.07 bits per heavy atom. The number of Topliss-reactive ketones (excluding diaryl/α,β-unsaturated/α-hetero) is 1. The van der Waals surface area contributed by atoms with Crippen molar-refractivity contribution < 1.29 is 19.4 Å². The summed E-state index contributed by atoms with van der Waals surface area (Å²) in [4.78, 5) is 22.6. The van der Waals surface area contributed by atoms with Crippen LogP contribution in [0.25, 0.3) is 0 Å². The summed E-state index contributed by atoms with van der Waals surface area (Å²) < 4.78 is 4.84. The maximum absolute atomic E-state index is 11.3. The van der Waals surface area contributed by atoms with Gasteiger partial charge in [0.1, 0.15) is 5.78 Å². The molecule has 3 atom stereocenters. The average molecular weight is 214 g/mol. The molecule has 0 bridgehead atoms. The number of ether oxygens (including phenoxy) is 1. The van der Waals surface area contributed by atoms with Gasteiger partial charge in [0.15, 0.2) is 0 Å². The normalized spacial score (nSPS) is 30.2. The van der Waals surface area contributed by atoms with Crippen LogP contribution in [0.5, 0.6) is 0 Å². The Balaban J connectivity index is 2.54. The van der Waals surface area contributed by atoms with Crippen LogP contribution < -0.4 is 0 Å². The maximum Gasteiger partial charge on any atom is 0.306 e. The van der Waals surface area contributed by atoms with E-state index in [4.69, 9.17) is 4.74 Å². The van der Waals surface area contributed by atoms with Gasteiger partial charge in [0, 0.05) is 12.3 Å². The second-order valence-electron chi connectivity index (χ2n) is 4.05. The summed E-state index contributed by atoms with van der Waals surface area (Å²) in [5, 5.41) is 9.60. The van der Waals surface area contributed by atoms with Crippen LogP contribution in [0.3, 0.4) is 0 Å². The smallest absolute Gasteiger partial charge is 0.306 e. The standard InChI is InChI=1S/C11H18O4/c1-3-15-10(14)6-8-4-5-9(13)11(8)7(2)12/h8-9,11,13H,3-6H2,1-2H3. The van der Waals surface area contributed by atoms with E-state index in [0.717, 1.165) is 6.42 Å². The Labute approximate surface area is 89.6 Å². The largest absolute Gasteiger partial charge is 0.466 e. The van der Waals surface area contributed by atoms with Crippen LogP contribution in [0, 0.1) is 11.8 Å². The lowest BCUT2D eigenvalue weighted by Crippen LogP contribution is -2.27. The van der Waals surface area contributed by atoms with E-state index in [0.29, 0.717) is 13.0 Å². The molecule has 0 aromatic rings. The second-order valence-corrected chi connectivity index (χ2v) is 4.05. The van der Waals surface area contributed by atoms with Crippen molar-refractivity contribution in [3.8, 4) is 0 Å². The summed E-state index contributed by atoms with van der Waals surface area (Å²) in [6, 6.07) is 0. The van der Waals surface area contributed by atoms with Gasteiger partial charge in [-0.2, -0.15) is 0 Å². The van der Waals surface area contributed by atoms with Crippen LogP contribution in [0.2, 0.25) is 0 Å².